The van der Waals surface area contributed by atoms with E-state index in [0.29, 0.717) is 44.9 Å². The van der Waals surface area contributed by atoms with Gasteiger partial charge in [0.05, 0.1) is 18.9 Å². The zero-order valence-electron chi connectivity index (χ0n) is 18.3. The number of benzene rings is 1. The first-order valence-electron chi connectivity index (χ1n) is 10.7. The van der Waals surface area contributed by atoms with Crippen molar-refractivity contribution in [2.45, 2.75) is 25.7 Å². The van der Waals surface area contributed by atoms with E-state index in [0.717, 1.165) is 23.2 Å². The van der Waals surface area contributed by atoms with E-state index in [1.807, 2.05) is 29.2 Å². The van der Waals surface area contributed by atoms with Gasteiger partial charge in [0.2, 0.25) is 11.9 Å². The van der Waals surface area contributed by atoms with Gasteiger partial charge in [-0.15, -0.1) is 0 Å². The topological polar surface area (TPSA) is 134 Å². The van der Waals surface area contributed by atoms with E-state index in [2.05, 4.69) is 15.3 Å². The molecule has 1 unspecified atom stereocenters. The number of aromatic nitrogens is 2. The summed E-state index contributed by atoms with van der Waals surface area (Å²) >= 11 is 0. The lowest BCUT2D eigenvalue weighted by Gasteiger charge is -2.16. The minimum Gasteiger partial charge on any atom is -0.387 e. The number of nitrogens with two attached hydrogens (primary N) is 1. The van der Waals surface area contributed by atoms with Crippen LogP contribution in [0.2, 0.25) is 0 Å². The lowest BCUT2D eigenvalue weighted by molar-refractivity contribution is -0.128. The second-order valence-electron chi connectivity index (χ2n) is 8.02. The first-order valence-corrected chi connectivity index (χ1v) is 10.7. The van der Waals surface area contributed by atoms with E-state index in [1.54, 1.807) is 19.5 Å². The number of amides is 1. The smallest absolute Gasteiger partial charge is 0.223 e. The zero-order chi connectivity index (χ0) is 22.9. The molecule has 2 heterocycles. The summed E-state index contributed by atoms with van der Waals surface area (Å²) in [6, 6.07) is 7.91. The Morgan fingerprint density at radius 1 is 1.31 bits per heavy atom. The van der Waals surface area contributed by atoms with Crippen LogP contribution in [0.4, 0.5) is 5.95 Å². The van der Waals surface area contributed by atoms with Gasteiger partial charge in [-0.25, -0.2) is 9.97 Å². The molecule has 1 atom stereocenters. The van der Waals surface area contributed by atoms with Crippen molar-refractivity contribution in [2.75, 3.05) is 38.7 Å². The van der Waals surface area contributed by atoms with Gasteiger partial charge in [0.15, 0.2) is 0 Å². The van der Waals surface area contributed by atoms with Crippen LogP contribution >= 0.6 is 0 Å². The number of ether oxygens (including phenoxy) is 1. The van der Waals surface area contributed by atoms with Gasteiger partial charge >= 0.3 is 0 Å². The van der Waals surface area contributed by atoms with Crippen molar-refractivity contribution < 1.29 is 14.3 Å². The second kappa shape index (κ2) is 11.3. The monoisotopic (exact) mass is 438 g/mol. The van der Waals surface area contributed by atoms with Crippen molar-refractivity contribution in [1.29, 1.82) is 5.41 Å². The molecule has 170 valence electrons. The number of amidine groups is 1. The van der Waals surface area contributed by atoms with Gasteiger partial charge in [0.25, 0.3) is 0 Å². The third kappa shape index (κ3) is 6.84. The van der Waals surface area contributed by atoms with E-state index < -0.39 is 0 Å². The number of ketones is 1. The quantitative estimate of drug-likeness (QED) is 0.340. The van der Waals surface area contributed by atoms with E-state index >= 15 is 0 Å². The van der Waals surface area contributed by atoms with Crippen LogP contribution in [0.15, 0.2) is 36.7 Å². The molecule has 1 aliphatic heterocycles. The molecule has 0 spiro atoms. The molecule has 1 aromatic heterocycles. The predicted octanol–water partition coefficient (Wildman–Crippen LogP) is 1.88. The van der Waals surface area contributed by atoms with E-state index in [1.165, 1.54) is 0 Å². The molecule has 9 heteroatoms. The average Bonchev–Trinajstić information content (AvgIpc) is 3.14. The normalized spacial score (nSPS) is 15.7. The Labute approximate surface area is 187 Å². The standard InChI is InChI=1S/C23H30N6O3/c1-32-8-7-29-15-17(10-22(29)31)12-26-23-27-13-19(14-28-23)18-4-2-3-16(9-18)5-6-20(30)11-21(24)25/h2-4,9,13-14,17H,5-8,10-12,15H2,1H3,(H3,24,25)(H,26,27,28). The number of aryl methyl sites for hydroxylation is 1. The van der Waals surface area contributed by atoms with Crippen LogP contribution in [0.5, 0.6) is 0 Å². The lowest BCUT2D eigenvalue weighted by atomic mass is 10.0. The Bertz CT molecular complexity index is 947. The molecule has 1 aliphatic rings. The molecular weight excluding hydrogens is 408 g/mol. The summed E-state index contributed by atoms with van der Waals surface area (Å²) in [4.78, 5) is 34.5. The molecule has 32 heavy (non-hydrogen) atoms. The summed E-state index contributed by atoms with van der Waals surface area (Å²) < 4.78 is 5.05. The SMILES string of the molecule is COCCN1CC(CNc2ncc(-c3cccc(CCC(=O)CC(=N)N)c3)cn2)CC1=O. The second-order valence-corrected chi connectivity index (χ2v) is 8.02. The minimum atomic E-state index is -0.0995. The molecule has 0 aliphatic carbocycles. The van der Waals surface area contributed by atoms with Crippen LogP contribution in [-0.4, -0.2) is 65.7 Å². The van der Waals surface area contributed by atoms with Crippen molar-refractivity contribution >= 4 is 23.5 Å². The van der Waals surface area contributed by atoms with Crippen LogP contribution in [0.3, 0.4) is 0 Å². The average molecular weight is 439 g/mol. The Kier molecular flexibility index (Phi) is 8.27. The molecule has 9 nitrogen and oxygen atoms in total. The largest absolute Gasteiger partial charge is 0.387 e. The van der Waals surface area contributed by atoms with Crippen molar-refractivity contribution in [2.24, 2.45) is 11.7 Å². The summed E-state index contributed by atoms with van der Waals surface area (Å²) in [6.07, 6.45) is 5.01. The number of hydrogen-bond acceptors (Lipinski definition) is 7. The molecule has 1 aromatic carbocycles. The molecule has 4 N–H and O–H groups in total. The fourth-order valence-corrected chi connectivity index (χ4v) is 3.70. The van der Waals surface area contributed by atoms with E-state index in [9.17, 15) is 9.59 Å². The molecule has 1 amide bonds. The molecular formula is C23H30N6O3. The Morgan fingerprint density at radius 2 is 2.09 bits per heavy atom. The first kappa shape index (κ1) is 23.3. The van der Waals surface area contributed by atoms with E-state index in [-0.39, 0.29) is 29.9 Å². The molecule has 1 fully saturated rings. The van der Waals surface area contributed by atoms with Crippen LogP contribution < -0.4 is 11.1 Å². The summed E-state index contributed by atoms with van der Waals surface area (Å²) in [5.41, 5.74) is 8.17. The number of nitrogens with zero attached hydrogens (tertiary/aromatic N) is 3. The van der Waals surface area contributed by atoms with Gasteiger partial charge in [-0.3, -0.25) is 15.0 Å². The number of rotatable bonds is 12. The van der Waals surface area contributed by atoms with Crippen molar-refractivity contribution in [1.82, 2.24) is 14.9 Å². The zero-order valence-corrected chi connectivity index (χ0v) is 18.3. The van der Waals surface area contributed by atoms with E-state index in [4.69, 9.17) is 15.9 Å². The van der Waals surface area contributed by atoms with Crippen LogP contribution in [0.1, 0.15) is 24.8 Å². The highest BCUT2D eigenvalue weighted by atomic mass is 16.5. The summed E-state index contributed by atoms with van der Waals surface area (Å²) in [5.74, 6) is 0.783. The Hall–Kier alpha value is -3.33. The fourth-order valence-electron chi connectivity index (χ4n) is 3.70. The van der Waals surface area contributed by atoms with Gasteiger partial charge in [0, 0.05) is 63.5 Å². The molecule has 0 saturated carbocycles. The molecule has 2 aromatic rings. The highest BCUT2D eigenvalue weighted by Gasteiger charge is 2.29. The number of nitrogens with one attached hydrogen (secondary N) is 2. The number of carbonyl (C=O) groups excluding carboxylic acids is 2. The first-order chi connectivity index (χ1) is 15.4. The van der Waals surface area contributed by atoms with Crippen LogP contribution in [-0.2, 0) is 20.7 Å². The lowest BCUT2D eigenvalue weighted by Crippen LogP contribution is -2.29. The number of methoxy groups -OCH3 is 1. The summed E-state index contributed by atoms with van der Waals surface area (Å²) in [5, 5.41) is 10.4. The number of likely N-dealkylation sites (tertiary alicyclic amines) is 1. The van der Waals surface area contributed by atoms with Crippen molar-refractivity contribution in [3.63, 3.8) is 0 Å². The number of hydrogen-bond donors (Lipinski definition) is 3. The number of carbonyl (C=O) groups is 2. The summed E-state index contributed by atoms with van der Waals surface area (Å²) in [6.45, 7) is 2.53. The Morgan fingerprint density at radius 3 is 2.81 bits per heavy atom. The van der Waals surface area contributed by atoms with Crippen molar-refractivity contribution in [3.05, 3.63) is 42.2 Å². The minimum absolute atomic E-state index is 0.00218. The molecule has 3 rings (SSSR count). The molecule has 0 radical (unpaired) electrons. The van der Waals surface area contributed by atoms with Gasteiger partial charge in [0.1, 0.15) is 5.78 Å². The summed E-state index contributed by atoms with van der Waals surface area (Å²) in [7, 11) is 1.63. The molecule has 0 bridgehead atoms. The predicted molar refractivity (Wildman–Crippen MR) is 122 cm³/mol. The highest BCUT2D eigenvalue weighted by molar-refractivity contribution is 5.98. The number of Topliss-reactive ketones (excluding diaryl/α,β-unsaturated/α-hetero) is 1. The Balaban J connectivity index is 1.52. The molecule has 1 saturated heterocycles. The van der Waals surface area contributed by atoms with Gasteiger partial charge in [-0.2, -0.15) is 0 Å². The van der Waals surface area contributed by atoms with Gasteiger partial charge in [-0.1, -0.05) is 24.3 Å². The van der Waals surface area contributed by atoms with Gasteiger partial charge in [-0.05, 0) is 17.5 Å². The highest BCUT2D eigenvalue weighted by Crippen LogP contribution is 2.21. The van der Waals surface area contributed by atoms with Gasteiger partial charge < -0.3 is 20.7 Å². The third-order valence-electron chi connectivity index (χ3n) is 5.40. The van der Waals surface area contributed by atoms with Crippen LogP contribution in [0.25, 0.3) is 11.1 Å². The third-order valence-corrected chi connectivity index (χ3v) is 5.40. The maximum Gasteiger partial charge on any atom is 0.223 e. The maximum atomic E-state index is 12.0. The maximum absolute atomic E-state index is 12.0. The van der Waals surface area contributed by atoms with Crippen LogP contribution in [0, 0.1) is 11.3 Å². The van der Waals surface area contributed by atoms with Crippen molar-refractivity contribution in [3.8, 4) is 11.1 Å². The number of anilines is 1. The fraction of sp³-hybridized carbons (Fsp3) is 0.435.